The van der Waals surface area contributed by atoms with Gasteiger partial charge in [-0.15, -0.1) is 0 Å². The number of ketones is 2. The third-order valence-corrected chi connectivity index (χ3v) is 9.78. The van der Waals surface area contributed by atoms with E-state index in [0.29, 0.717) is 23.7 Å². The molecule has 0 N–H and O–H groups in total. The maximum Gasteiger partial charge on any atom is 0.163 e. The second-order valence-electron chi connectivity index (χ2n) is 12.6. The first-order chi connectivity index (χ1) is 17.2. The second kappa shape index (κ2) is 12.5. The topological polar surface area (TPSA) is 43.4 Å². The summed E-state index contributed by atoms with van der Waals surface area (Å²) in [6.45, 7) is 6.20. The molecular weight excluding hydrogens is 475 g/mol. The van der Waals surface area contributed by atoms with E-state index in [4.69, 9.17) is 16.3 Å². The lowest BCUT2D eigenvalue weighted by atomic mass is 9.70. The number of hydrogen-bond donors (Lipinski definition) is 0. The van der Waals surface area contributed by atoms with Gasteiger partial charge in [-0.1, -0.05) is 38.3 Å². The molecule has 1 aliphatic heterocycles. The van der Waals surface area contributed by atoms with E-state index in [9.17, 15) is 14.0 Å². The smallest absolute Gasteiger partial charge is 0.163 e. The minimum Gasteiger partial charge on any atom is -0.381 e. The van der Waals surface area contributed by atoms with Crippen LogP contribution in [0.2, 0.25) is 5.02 Å². The molecule has 2 saturated carbocycles. The number of halogens is 2. The minimum absolute atomic E-state index is 0.0229. The van der Waals surface area contributed by atoms with Crippen molar-refractivity contribution in [2.45, 2.75) is 97.3 Å². The van der Waals surface area contributed by atoms with Crippen LogP contribution in [0.25, 0.3) is 0 Å². The normalized spacial score (nSPS) is 29.3. The summed E-state index contributed by atoms with van der Waals surface area (Å²) in [6, 6.07) is 4.07. The molecule has 2 bridgehead atoms. The van der Waals surface area contributed by atoms with Gasteiger partial charge in [0.15, 0.2) is 5.78 Å². The van der Waals surface area contributed by atoms with E-state index in [1.54, 1.807) is 6.07 Å². The quantitative estimate of drug-likeness (QED) is 0.206. The van der Waals surface area contributed by atoms with Gasteiger partial charge in [0.05, 0.1) is 6.61 Å². The Balaban J connectivity index is 1.13. The van der Waals surface area contributed by atoms with Crippen LogP contribution in [0.5, 0.6) is 0 Å². The van der Waals surface area contributed by atoms with Gasteiger partial charge >= 0.3 is 0 Å². The SMILES string of the molecule is CC1(C)COCCC1CCC(=O)CCC1[C@@H]2CC[C@@H]1CC(CCCCC(=O)c1cc(F)cc(Cl)c1)C2. The molecule has 0 amide bonds. The molecular formula is C31H44ClFO3. The van der Waals surface area contributed by atoms with E-state index >= 15 is 0 Å². The third kappa shape index (κ3) is 7.40. The van der Waals surface area contributed by atoms with Crippen molar-refractivity contribution >= 4 is 23.2 Å². The fourth-order valence-electron chi connectivity index (χ4n) is 7.46. The van der Waals surface area contributed by atoms with Crippen molar-refractivity contribution in [3.63, 3.8) is 0 Å². The fourth-order valence-corrected chi connectivity index (χ4v) is 7.68. The zero-order chi connectivity index (χ0) is 25.7. The van der Waals surface area contributed by atoms with E-state index in [2.05, 4.69) is 13.8 Å². The van der Waals surface area contributed by atoms with Gasteiger partial charge in [-0.05, 0) is 105 Å². The highest BCUT2D eigenvalue weighted by Gasteiger charge is 2.42. The predicted octanol–water partition coefficient (Wildman–Crippen LogP) is 8.47. The predicted molar refractivity (Wildman–Crippen MR) is 143 cm³/mol. The van der Waals surface area contributed by atoms with Crippen LogP contribution in [0.4, 0.5) is 4.39 Å². The number of carbonyl (C=O) groups is 2. The van der Waals surface area contributed by atoms with Gasteiger partial charge in [0.2, 0.25) is 0 Å². The van der Waals surface area contributed by atoms with Crippen LogP contribution in [0.15, 0.2) is 18.2 Å². The first-order valence-corrected chi connectivity index (χ1v) is 14.7. The Hall–Kier alpha value is -1.26. The lowest BCUT2D eigenvalue weighted by Crippen LogP contribution is -2.35. The molecule has 4 rings (SSSR count). The number of hydrogen-bond acceptors (Lipinski definition) is 3. The van der Waals surface area contributed by atoms with Crippen LogP contribution in [0, 0.1) is 40.8 Å². The van der Waals surface area contributed by atoms with Crippen LogP contribution in [0.3, 0.4) is 0 Å². The van der Waals surface area contributed by atoms with Crippen molar-refractivity contribution in [3.05, 3.63) is 34.6 Å². The number of carbonyl (C=O) groups excluding carboxylic acids is 2. The summed E-state index contributed by atoms with van der Waals surface area (Å²) in [5.74, 6) is 3.65. The van der Waals surface area contributed by atoms with Crippen LogP contribution < -0.4 is 0 Å². The molecule has 0 aromatic heterocycles. The highest BCUT2D eigenvalue weighted by atomic mass is 35.5. The Morgan fingerprint density at radius 2 is 1.69 bits per heavy atom. The van der Waals surface area contributed by atoms with Crippen molar-refractivity contribution in [1.82, 2.24) is 0 Å². The van der Waals surface area contributed by atoms with Crippen molar-refractivity contribution in [3.8, 4) is 0 Å². The van der Waals surface area contributed by atoms with Crippen LogP contribution in [-0.2, 0) is 9.53 Å². The van der Waals surface area contributed by atoms with E-state index in [0.717, 1.165) is 81.8 Å². The molecule has 3 fully saturated rings. The van der Waals surface area contributed by atoms with Crippen molar-refractivity contribution < 1.29 is 18.7 Å². The largest absolute Gasteiger partial charge is 0.381 e. The molecule has 200 valence electrons. The third-order valence-electron chi connectivity index (χ3n) is 9.56. The Morgan fingerprint density at radius 1 is 0.972 bits per heavy atom. The highest BCUT2D eigenvalue weighted by Crippen LogP contribution is 2.52. The van der Waals surface area contributed by atoms with Gasteiger partial charge < -0.3 is 4.74 Å². The van der Waals surface area contributed by atoms with Gasteiger partial charge in [-0.3, -0.25) is 9.59 Å². The van der Waals surface area contributed by atoms with Crippen molar-refractivity contribution in [2.24, 2.45) is 35.0 Å². The fraction of sp³-hybridized carbons (Fsp3) is 0.742. The molecule has 1 unspecified atom stereocenters. The second-order valence-corrected chi connectivity index (χ2v) is 13.0. The van der Waals surface area contributed by atoms with Gasteiger partial charge in [-0.25, -0.2) is 4.39 Å². The molecule has 3 nitrogen and oxygen atoms in total. The summed E-state index contributed by atoms with van der Waals surface area (Å²) in [5, 5.41) is 0.274. The molecule has 0 radical (unpaired) electrons. The molecule has 1 aromatic rings. The molecule has 1 saturated heterocycles. The Morgan fingerprint density at radius 3 is 2.39 bits per heavy atom. The summed E-state index contributed by atoms with van der Waals surface area (Å²) in [6.07, 6.45) is 13.4. The van der Waals surface area contributed by atoms with E-state index in [-0.39, 0.29) is 16.2 Å². The van der Waals surface area contributed by atoms with Crippen molar-refractivity contribution in [2.75, 3.05) is 13.2 Å². The monoisotopic (exact) mass is 518 g/mol. The average Bonchev–Trinajstić information content (AvgIpc) is 3.06. The molecule has 5 heteroatoms. The summed E-state index contributed by atoms with van der Waals surface area (Å²) >= 11 is 5.88. The summed E-state index contributed by atoms with van der Waals surface area (Å²) in [4.78, 5) is 25.1. The number of fused-ring (bicyclic) bond motifs is 2. The van der Waals surface area contributed by atoms with E-state index in [1.165, 1.54) is 44.2 Å². The standard InChI is InChI=1S/C31H44ClFO3/c1-31(2)20-36-14-13-25(31)9-10-28(34)11-12-29-22-7-8-23(29)16-21(15-22)5-3-4-6-30(35)24-17-26(32)19-27(33)18-24/h17-19,21-23,25,29H,3-16,20H2,1-2H3/t21?,22-,23-,25?,29?/m1/s1. The van der Waals surface area contributed by atoms with E-state index < -0.39 is 5.82 Å². The maximum absolute atomic E-state index is 13.5. The van der Waals surface area contributed by atoms with E-state index in [1.807, 2.05) is 0 Å². The Bertz CT molecular complexity index is 879. The molecule has 2 aliphatic carbocycles. The number of ether oxygens (including phenoxy) is 1. The zero-order valence-corrected chi connectivity index (χ0v) is 23.0. The Labute approximate surface area is 221 Å². The minimum atomic E-state index is -0.456. The Kier molecular flexibility index (Phi) is 9.66. The molecule has 1 aromatic carbocycles. The number of benzene rings is 1. The number of Topliss-reactive ketones (excluding diaryl/α,β-unsaturated/α-hetero) is 2. The maximum atomic E-state index is 13.5. The van der Waals surface area contributed by atoms with Gasteiger partial charge in [-0.2, -0.15) is 0 Å². The highest BCUT2D eigenvalue weighted by molar-refractivity contribution is 6.31. The first kappa shape index (κ1) is 27.8. The van der Waals surface area contributed by atoms with Crippen LogP contribution >= 0.6 is 11.6 Å². The summed E-state index contributed by atoms with van der Waals surface area (Å²) < 4.78 is 19.2. The van der Waals surface area contributed by atoms with Crippen molar-refractivity contribution in [1.29, 1.82) is 0 Å². The van der Waals surface area contributed by atoms with Crippen LogP contribution in [-0.4, -0.2) is 24.8 Å². The van der Waals surface area contributed by atoms with Gasteiger partial charge in [0.25, 0.3) is 0 Å². The molecule has 1 heterocycles. The number of unbranched alkanes of at least 4 members (excludes halogenated alkanes) is 1. The van der Waals surface area contributed by atoms with Gasteiger partial charge in [0.1, 0.15) is 11.6 Å². The molecule has 36 heavy (non-hydrogen) atoms. The molecule has 3 atom stereocenters. The number of rotatable bonds is 12. The first-order valence-electron chi connectivity index (χ1n) is 14.3. The lowest BCUT2D eigenvalue weighted by Gasteiger charge is -2.38. The molecule has 3 aliphatic rings. The average molecular weight is 519 g/mol. The summed E-state index contributed by atoms with van der Waals surface area (Å²) in [7, 11) is 0. The summed E-state index contributed by atoms with van der Waals surface area (Å²) in [5.41, 5.74) is 0.570. The van der Waals surface area contributed by atoms with Gasteiger partial charge in [0, 0.05) is 36.5 Å². The zero-order valence-electron chi connectivity index (χ0n) is 22.2. The van der Waals surface area contributed by atoms with Crippen LogP contribution in [0.1, 0.15) is 108 Å². The lowest BCUT2D eigenvalue weighted by molar-refractivity contribution is -0.120. The molecule has 0 spiro atoms.